The van der Waals surface area contributed by atoms with Gasteiger partial charge in [0.25, 0.3) is 0 Å². The minimum atomic E-state index is 0.161. The van der Waals surface area contributed by atoms with Gasteiger partial charge in [-0.05, 0) is 58.2 Å². The van der Waals surface area contributed by atoms with Crippen LogP contribution < -0.4 is 5.32 Å². The summed E-state index contributed by atoms with van der Waals surface area (Å²) in [6, 6.07) is 0.492. The van der Waals surface area contributed by atoms with E-state index >= 15 is 0 Å². The summed E-state index contributed by atoms with van der Waals surface area (Å²) in [5.74, 6) is 2.99. The van der Waals surface area contributed by atoms with Crippen LogP contribution in [-0.2, 0) is 24.1 Å². The van der Waals surface area contributed by atoms with E-state index in [4.69, 9.17) is 9.97 Å². The third-order valence-corrected chi connectivity index (χ3v) is 6.06. The van der Waals surface area contributed by atoms with Crippen molar-refractivity contribution in [3.63, 3.8) is 0 Å². The SMILES string of the molecule is CC(=O)N1CCc2nc(CC3CC3)nc(NC3CCN(C)CC3)c2CC1. The van der Waals surface area contributed by atoms with E-state index in [1.165, 1.54) is 18.4 Å². The van der Waals surface area contributed by atoms with E-state index in [1.54, 1.807) is 6.92 Å². The number of nitrogens with one attached hydrogen (secondary N) is 1. The van der Waals surface area contributed by atoms with E-state index in [9.17, 15) is 4.79 Å². The van der Waals surface area contributed by atoms with Crippen LogP contribution in [0.15, 0.2) is 0 Å². The van der Waals surface area contributed by atoms with E-state index in [1.807, 2.05) is 4.90 Å². The molecule has 6 heteroatoms. The fraction of sp³-hybridized carbons (Fsp3) is 0.750. The molecule has 0 bridgehead atoms. The minimum absolute atomic E-state index is 0.161. The Labute approximate surface area is 156 Å². The first-order valence-corrected chi connectivity index (χ1v) is 10.2. The number of aromatic nitrogens is 2. The van der Waals surface area contributed by atoms with E-state index in [0.717, 1.165) is 81.5 Å². The molecule has 2 fully saturated rings. The Morgan fingerprint density at radius 1 is 1.08 bits per heavy atom. The fourth-order valence-corrected chi connectivity index (χ4v) is 4.10. The summed E-state index contributed by atoms with van der Waals surface area (Å²) in [5, 5.41) is 3.75. The molecule has 0 atom stereocenters. The summed E-state index contributed by atoms with van der Waals surface area (Å²) in [7, 11) is 2.19. The number of carbonyl (C=O) groups excluding carboxylic acids is 1. The molecule has 1 aliphatic carbocycles. The van der Waals surface area contributed by atoms with Gasteiger partial charge in [0.05, 0.1) is 5.69 Å². The zero-order valence-electron chi connectivity index (χ0n) is 16.1. The molecule has 3 aliphatic rings. The summed E-state index contributed by atoms with van der Waals surface area (Å²) in [5.41, 5.74) is 2.40. The molecule has 0 unspecified atom stereocenters. The lowest BCUT2D eigenvalue weighted by Crippen LogP contribution is -2.37. The van der Waals surface area contributed by atoms with Crippen molar-refractivity contribution >= 4 is 11.7 Å². The maximum atomic E-state index is 11.8. The Morgan fingerprint density at radius 3 is 2.50 bits per heavy atom. The van der Waals surface area contributed by atoms with Gasteiger partial charge in [-0.3, -0.25) is 4.79 Å². The number of carbonyl (C=O) groups is 1. The normalized spacial score (nSPS) is 22.0. The number of nitrogens with zero attached hydrogens (tertiary/aromatic N) is 4. The third-order valence-electron chi connectivity index (χ3n) is 6.06. The van der Waals surface area contributed by atoms with Crippen LogP contribution in [0.3, 0.4) is 0 Å². The molecular weight excluding hydrogens is 326 g/mol. The number of likely N-dealkylation sites (tertiary alicyclic amines) is 1. The van der Waals surface area contributed by atoms with Crippen molar-refractivity contribution in [3.05, 3.63) is 17.1 Å². The second kappa shape index (κ2) is 7.51. The number of amides is 1. The van der Waals surface area contributed by atoms with Crippen LogP contribution in [0, 0.1) is 5.92 Å². The van der Waals surface area contributed by atoms with Gasteiger partial charge in [-0.25, -0.2) is 9.97 Å². The highest BCUT2D eigenvalue weighted by Gasteiger charge is 2.27. The van der Waals surface area contributed by atoms with Crippen molar-refractivity contribution in [2.45, 2.75) is 57.9 Å². The van der Waals surface area contributed by atoms with Gasteiger partial charge >= 0.3 is 0 Å². The quantitative estimate of drug-likeness (QED) is 0.892. The molecule has 1 saturated heterocycles. The highest BCUT2D eigenvalue weighted by atomic mass is 16.2. The molecular formula is C20H31N5O. The van der Waals surface area contributed by atoms with Crippen molar-refractivity contribution in [1.29, 1.82) is 0 Å². The fourth-order valence-electron chi connectivity index (χ4n) is 4.10. The maximum Gasteiger partial charge on any atom is 0.219 e. The second-order valence-corrected chi connectivity index (χ2v) is 8.29. The predicted molar refractivity (Wildman–Crippen MR) is 102 cm³/mol. The minimum Gasteiger partial charge on any atom is -0.367 e. The van der Waals surface area contributed by atoms with Gasteiger partial charge in [0, 0.05) is 44.5 Å². The van der Waals surface area contributed by atoms with Gasteiger partial charge in [-0.2, -0.15) is 0 Å². The molecule has 6 nitrogen and oxygen atoms in total. The standard InChI is InChI=1S/C20H31N5O/c1-14(26)25-11-7-17-18(8-12-25)22-19(13-15-3-4-15)23-20(17)21-16-5-9-24(2)10-6-16/h15-16H,3-13H2,1-2H3,(H,21,22,23). The van der Waals surface area contributed by atoms with E-state index in [-0.39, 0.29) is 5.91 Å². The Kier molecular flexibility index (Phi) is 5.11. The number of hydrogen-bond acceptors (Lipinski definition) is 5. The molecule has 1 aromatic rings. The van der Waals surface area contributed by atoms with Crippen molar-refractivity contribution in [2.24, 2.45) is 5.92 Å². The molecule has 26 heavy (non-hydrogen) atoms. The van der Waals surface area contributed by atoms with E-state index in [0.29, 0.717) is 6.04 Å². The number of hydrogen-bond donors (Lipinski definition) is 1. The molecule has 1 aromatic heterocycles. The predicted octanol–water partition coefficient (Wildman–Crippen LogP) is 1.88. The average molecular weight is 358 g/mol. The lowest BCUT2D eigenvalue weighted by Gasteiger charge is -2.30. The van der Waals surface area contributed by atoms with Gasteiger partial charge in [0.2, 0.25) is 5.91 Å². The van der Waals surface area contributed by atoms with Crippen LogP contribution in [-0.4, -0.2) is 64.9 Å². The second-order valence-electron chi connectivity index (χ2n) is 8.29. The monoisotopic (exact) mass is 357 g/mol. The topological polar surface area (TPSA) is 61.4 Å². The van der Waals surface area contributed by atoms with E-state index < -0.39 is 0 Å². The van der Waals surface area contributed by atoms with Crippen LogP contribution in [0.1, 0.15) is 49.7 Å². The summed E-state index contributed by atoms with van der Waals surface area (Å²) in [4.78, 5) is 26.0. The Morgan fingerprint density at radius 2 is 1.81 bits per heavy atom. The van der Waals surface area contributed by atoms with Crippen molar-refractivity contribution in [1.82, 2.24) is 19.8 Å². The van der Waals surface area contributed by atoms with Gasteiger partial charge in [0.1, 0.15) is 11.6 Å². The summed E-state index contributed by atoms with van der Waals surface area (Å²) in [6.07, 6.45) is 7.66. The molecule has 142 valence electrons. The van der Waals surface area contributed by atoms with Crippen LogP contribution in [0.5, 0.6) is 0 Å². The Bertz CT molecular complexity index is 664. The first-order chi connectivity index (χ1) is 12.6. The van der Waals surface area contributed by atoms with Crippen molar-refractivity contribution < 1.29 is 4.79 Å². The molecule has 0 spiro atoms. The van der Waals surface area contributed by atoms with Gasteiger partial charge in [0.15, 0.2) is 0 Å². The number of rotatable bonds is 4. The highest BCUT2D eigenvalue weighted by Crippen LogP contribution is 2.33. The zero-order valence-corrected chi connectivity index (χ0v) is 16.1. The molecule has 1 amide bonds. The Balaban J connectivity index is 1.57. The summed E-state index contributed by atoms with van der Waals surface area (Å²) >= 11 is 0. The molecule has 1 N–H and O–H groups in total. The largest absolute Gasteiger partial charge is 0.367 e. The van der Waals surface area contributed by atoms with Crippen LogP contribution in [0.25, 0.3) is 0 Å². The van der Waals surface area contributed by atoms with Crippen LogP contribution >= 0.6 is 0 Å². The van der Waals surface area contributed by atoms with Crippen molar-refractivity contribution in [3.8, 4) is 0 Å². The molecule has 2 aliphatic heterocycles. The van der Waals surface area contributed by atoms with Gasteiger partial charge in [-0.15, -0.1) is 0 Å². The summed E-state index contributed by atoms with van der Waals surface area (Å²) in [6.45, 7) is 5.49. The molecule has 4 rings (SSSR count). The number of anilines is 1. The molecule has 0 radical (unpaired) electrons. The van der Waals surface area contributed by atoms with Crippen LogP contribution in [0.2, 0.25) is 0 Å². The number of piperidine rings is 1. The van der Waals surface area contributed by atoms with Crippen LogP contribution in [0.4, 0.5) is 5.82 Å². The molecule has 3 heterocycles. The number of fused-ring (bicyclic) bond motifs is 1. The lowest BCUT2D eigenvalue weighted by atomic mass is 10.0. The first-order valence-electron chi connectivity index (χ1n) is 10.2. The van der Waals surface area contributed by atoms with Gasteiger partial charge in [-0.1, -0.05) is 0 Å². The summed E-state index contributed by atoms with van der Waals surface area (Å²) < 4.78 is 0. The maximum absolute atomic E-state index is 11.8. The third kappa shape index (κ3) is 4.17. The van der Waals surface area contributed by atoms with E-state index in [2.05, 4.69) is 17.3 Å². The first kappa shape index (κ1) is 17.7. The molecule has 0 aromatic carbocycles. The van der Waals surface area contributed by atoms with Crippen molar-refractivity contribution in [2.75, 3.05) is 38.5 Å². The molecule has 1 saturated carbocycles. The Hall–Kier alpha value is -1.69. The average Bonchev–Trinajstić information content (AvgIpc) is 3.43. The lowest BCUT2D eigenvalue weighted by molar-refractivity contribution is -0.128. The smallest absolute Gasteiger partial charge is 0.219 e. The highest BCUT2D eigenvalue weighted by molar-refractivity contribution is 5.73. The zero-order chi connectivity index (χ0) is 18.1. The van der Waals surface area contributed by atoms with Gasteiger partial charge < -0.3 is 15.1 Å².